The topological polar surface area (TPSA) is 173 Å². The average molecular weight is 652 g/mol. The number of fused-ring (bicyclic) bond motifs is 1. The first-order valence-corrected chi connectivity index (χ1v) is 14.7. The number of rotatable bonds is 6. The third kappa shape index (κ3) is 7.46. The largest absolute Gasteiger partial charge is 0.465 e. The molecule has 0 aliphatic carbocycles. The molecule has 0 aromatic carbocycles. The average Bonchev–Trinajstić information content (AvgIpc) is 3.50. The van der Waals surface area contributed by atoms with Crippen molar-refractivity contribution in [1.82, 2.24) is 20.1 Å². The van der Waals surface area contributed by atoms with Crippen molar-refractivity contribution in [2.45, 2.75) is 63.8 Å². The number of nitrogens with one attached hydrogen (secondary N) is 3. The van der Waals surface area contributed by atoms with Crippen LogP contribution in [0.5, 0.6) is 0 Å². The Morgan fingerprint density at radius 2 is 1.80 bits per heavy atom. The summed E-state index contributed by atoms with van der Waals surface area (Å²) in [5.74, 6) is -2.56. The maximum absolute atomic E-state index is 13.9. The van der Waals surface area contributed by atoms with Crippen molar-refractivity contribution in [1.29, 1.82) is 0 Å². The highest BCUT2D eigenvalue weighted by molar-refractivity contribution is 6.16. The molecule has 3 aromatic heterocycles. The number of aromatic nitrogens is 3. The Morgan fingerprint density at radius 3 is 2.46 bits per heavy atom. The maximum Gasteiger partial charge on any atom is 0.414 e. The van der Waals surface area contributed by atoms with Crippen LogP contribution in [0.25, 0.3) is 11.1 Å². The molecule has 0 radical (unpaired) electrons. The molecule has 17 heteroatoms. The van der Waals surface area contributed by atoms with Gasteiger partial charge in [0, 0.05) is 39.5 Å². The number of piperidine rings is 1. The van der Waals surface area contributed by atoms with Crippen LogP contribution in [0.2, 0.25) is 0 Å². The number of carbonyl (C=O) groups is 3. The fourth-order valence-electron chi connectivity index (χ4n) is 5.81. The molecular formula is C29H36F3N7O7. The lowest BCUT2D eigenvalue weighted by Crippen LogP contribution is -2.54. The highest BCUT2D eigenvalue weighted by atomic mass is 19.4. The lowest BCUT2D eigenvalue weighted by atomic mass is 9.93. The van der Waals surface area contributed by atoms with Gasteiger partial charge in [-0.05, 0) is 57.6 Å². The molecule has 2 atom stereocenters. The van der Waals surface area contributed by atoms with Crippen LogP contribution in [0, 0.1) is 5.92 Å². The second-order valence-corrected chi connectivity index (χ2v) is 12.4. The van der Waals surface area contributed by atoms with Gasteiger partial charge in [0.15, 0.2) is 11.4 Å². The van der Waals surface area contributed by atoms with Crippen LogP contribution < -0.4 is 20.9 Å². The first-order chi connectivity index (χ1) is 21.6. The van der Waals surface area contributed by atoms with E-state index < -0.39 is 54.8 Å². The minimum atomic E-state index is -4.59. The van der Waals surface area contributed by atoms with Gasteiger partial charge >= 0.3 is 18.4 Å². The minimum absolute atomic E-state index is 0.0563. The van der Waals surface area contributed by atoms with Crippen molar-refractivity contribution in [3.05, 3.63) is 29.6 Å². The second-order valence-electron chi connectivity index (χ2n) is 12.4. The van der Waals surface area contributed by atoms with E-state index in [1.54, 1.807) is 33.0 Å². The normalized spacial score (nSPS) is 19.6. The molecule has 2 saturated heterocycles. The van der Waals surface area contributed by atoms with Gasteiger partial charge in [0.1, 0.15) is 22.4 Å². The first-order valence-electron chi connectivity index (χ1n) is 14.7. The molecule has 0 unspecified atom stereocenters. The van der Waals surface area contributed by atoms with Gasteiger partial charge in [-0.3, -0.25) is 19.8 Å². The van der Waals surface area contributed by atoms with Gasteiger partial charge in [-0.1, -0.05) is 0 Å². The highest BCUT2D eigenvalue weighted by Gasteiger charge is 2.46. The molecule has 0 spiro atoms. The molecule has 46 heavy (non-hydrogen) atoms. The SMILES string of the molecule is Cn1ncc(NC(=O)c2c(NC(=O)OC(C)(C)C)oc3cc(C4CCOCC4)cnc23)c1N1C[C@@H](NC(=O)O)C[C@@H](C(F)(F)F)C1. The van der Waals surface area contributed by atoms with E-state index in [0.29, 0.717) is 13.2 Å². The van der Waals surface area contributed by atoms with Gasteiger partial charge in [0.05, 0.1) is 18.2 Å². The third-order valence-corrected chi connectivity index (χ3v) is 7.78. The predicted molar refractivity (Wildman–Crippen MR) is 159 cm³/mol. The van der Waals surface area contributed by atoms with E-state index >= 15 is 0 Å². The molecule has 14 nitrogen and oxygen atoms in total. The summed E-state index contributed by atoms with van der Waals surface area (Å²) in [5.41, 5.74) is 0.327. The third-order valence-electron chi connectivity index (χ3n) is 7.78. The lowest BCUT2D eigenvalue weighted by Gasteiger charge is -2.39. The van der Waals surface area contributed by atoms with Crippen LogP contribution >= 0.6 is 0 Å². The molecule has 0 saturated carbocycles. The van der Waals surface area contributed by atoms with E-state index in [2.05, 4.69) is 26.0 Å². The zero-order chi connectivity index (χ0) is 33.4. The number of amides is 3. The molecule has 0 bridgehead atoms. The predicted octanol–water partition coefficient (Wildman–Crippen LogP) is 5.08. The Balaban J connectivity index is 1.48. The van der Waals surface area contributed by atoms with Gasteiger partial charge in [0.2, 0.25) is 5.88 Å². The van der Waals surface area contributed by atoms with Crippen molar-refractivity contribution in [3.8, 4) is 0 Å². The summed E-state index contributed by atoms with van der Waals surface area (Å²) < 4.78 is 59.6. The van der Waals surface area contributed by atoms with Crippen molar-refractivity contribution in [3.63, 3.8) is 0 Å². The first kappa shape index (κ1) is 32.8. The van der Waals surface area contributed by atoms with E-state index in [4.69, 9.17) is 13.9 Å². The zero-order valence-corrected chi connectivity index (χ0v) is 25.7. The molecular weight excluding hydrogens is 615 g/mol. The van der Waals surface area contributed by atoms with Crippen LogP contribution in [-0.4, -0.2) is 82.1 Å². The summed E-state index contributed by atoms with van der Waals surface area (Å²) in [4.78, 5) is 43.7. The molecule has 2 fully saturated rings. The van der Waals surface area contributed by atoms with Gasteiger partial charge in [-0.2, -0.15) is 18.3 Å². The minimum Gasteiger partial charge on any atom is -0.465 e. The molecule has 250 valence electrons. The van der Waals surface area contributed by atoms with Crippen molar-refractivity contribution >= 4 is 46.6 Å². The van der Waals surface area contributed by atoms with Gasteiger partial charge in [-0.15, -0.1) is 0 Å². The highest BCUT2D eigenvalue weighted by Crippen LogP contribution is 2.38. The molecule has 2 aliphatic rings. The summed E-state index contributed by atoms with van der Waals surface area (Å²) in [6.45, 7) is 5.63. The lowest BCUT2D eigenvalue weighted by molar-refractivity contribution is -0.177. The molecule has 3 amide bonds. The summed E-state index contributed by atoms with van der Waals surface area (Å²) in [7, 11) is 1.49. The molecule has 5 rings (SSSR count). The summed E-state index contributed by atoms with van der Waals surface area (Å²) >= 11 is 0. The number of nitrogens with zero attached hydrogens (tertiary/aromatic N) is 4. The van der Waals surface area contributed by atoms with Gasteiger partial charge in [0.25, 0.3) is 5.91 Å². The fraction of sp³-hybridized carbons (Fsp3) is 0.552. The van der Waals surface area contributed by atoms with Gasteiger partial charge in [-0.25, -0.2) is 9.59 Å². The van der Waals surface area contributed by atoms with E-state index in [0.717, 1.165) is 18.4 Å². The monoisotopic (exact) mass is 651 g/mol. The van der Waals surface area contributed by atoms with E-state index in [1.165, 1.54) is 22.8 Å². The van der Waals surface area contributed by atoms with Crippen LogP contribution in [0.3, 0.4) is 0 Å². The summed E-state index contributed by atoms with van der Waals surface area (Å²) in [6.07, 6.45) is -2.89. The number of furan rings is 1. The maximum atomic E-state index is 13.9. The Morgan fingerprint density at radius 1 is 1.09 bits per heavy atom. The number of aryl methyl sites for hydroxylation is 1. The Labute approximate surface area is 261 Å². The van der Waals surface area contributed by atoms with Crippen LogP contribution in [-0.2, 0) is 16.5 Å². The van der Waals surface area contributed by atoms with Crippen LogP contribution in [0.15, 0.2) is 22.9 Å². The fourth-order valence-corrected chi connectivity index (χ4v) is 5.81. The standard InChI is InChI=1S/C29H36F3N7O7/c1-28(2,3)46-27(43)37-24-21(22-20(45-24)9-16(11-33-22)15-5-7-44-8-6-15)23(40)36-19-12-34-38(4)25(19)39-13-17(29(30,31)32)10-18(14-39)35-26(41)42/h9,11-12,15,17-18,35H,5-8,10,13-14H2,1-4H3,(H,36,40)(H,37,43)(H,41,42)/t17-,18+/m1/s1. The zero-order valence-electron chi connectivity index (χ0n) is 25.7. The van der Waals surface area contributed by atoms with E-state index in [9.17, 15) is 32.7 Å². The van der Waals surface area contributed by atoms with Crippen LogP contribution in [0.4, 0.5) is 40.1 Å². The van der Waals surface area contributed by atoms with E-state index in [-0.39, 0.29) is 46.5 Å². The quantitative estimate of drug-likeness (QED) is 0.282. The van der Waals surface area contributed by atoms with E-state index in [1.807, 2.05) is 0 Å². The number of ether oxygens (including phenoxy) is 2. The molecule has 4 N–H and O–H groups in total. The number of pyridine rings is 1. The number of hydrogen-bond acceptors (Lipinski definition) is 9. The number of hydrogen-bond donors (Lipinski definition) is 4. The second kappa shape index (κ2) is 12.7. The smallest absolute Gasteiger partial charge is 0.414 e. The van der Waals surface area contributed by atoms with Crippen LogP contribution in [0.1, 0.15) is 61.9 Å². The molecule has 3 aromatic rings. The molecule has 5 heterocycles. The number of alkyl halides is 3. The summed E-state index contributed by atoms with van der Waals surface area (Å²) in [5, 5.41) is 20.6. The Hall–Kier alpha value is -4.54. The number of anilines is 3. The number of carbonyl (C=O) groups excluding carboxylic acids is 2. The Kier molecular flexibility index (Phi) is 9.06. The molecule has 2 aliphatic heterocycles. The van der Waals surface area contributed by atoms with Crippen molar-refractivity contribution < 1.29 is 46.6 Å². The van der Waals surface area contributed by atoms with Crippen molar-refractivity contribution in [2.24, 2.45) is 13.0 Å². The summed E-state index contributed by atoms with van der Waals surface area (Å²) in [6, 6.07) is 0.721. The number of halogens is 3. The van der Waals surface area contributed by atoms with Crippen molar-refractivity contribution in [2.75, 3.05) is 41.8 Å². The number of carboxylic acid groups (broad SMARTS) is 1. The van der Waals surface area contributed by atoms with Gasteiger partial charge < -0.3 is 34.5 Å². The Bertz CT molecular complexity index is 1610.